The molecule has 0 bridgehead atoms. The molecule has 2 aromatic rings. The first-order valence-electron chi connectivity index (χ1n) is 7.17. The summed E-state index contributed by atoms with van der Waals surface area (Å²) in [7, 11) is 3.65. The monoisotopic (exact) mass is 352 g/mol. The predicted octanol–water partition coefficient (Wildman–Crippen LogP) is 3.73. The van der Waals surface area contributed by atoms with Gasteiger partial charge in [-0.05, 0) is 26.0 Å². The molecular formula is C16H18F2N4OS. The molecule has 0 aliphatic rings. The highest BCUT2D eigenvalue weighted by molar-refractivity contribution is 7.99. The molecule has 8 heteroatoms. The van der Waals surface area contributed by atoms with Crippen LogP contribution < -0.4 is 10.2 Å². The summed E-state index contributed by atoms with van der Waals surface area (Å²) in [4.78, 5) is 23.1. The summed E-state index contributed by atoms with van der Waals surface area (Å²) in [6, 6.07) is 6.26. The maximum atomic E-state index is 12.6. The lowest BCUT2D eigenvalue weighted by atomic mass is 10.2. The number of aromatic nitrogens is 2. The van der Waals surface area contributed by atoms with Gasteiger partial charge in [-0.2, -0.15) is 8.78 Å². The molecule has 5 nitrogen and oxygen atoms in total. The molecule has 128 valence electrons. The number of hydrogen-bond donors (Lipinski definition) is 1. The van der Waals surface area contributed by atoms with E-state index in [4.69, 9.17) is 0 Å². The van der Waals surface area contributed by atoms with Crippen molar-refractivity contribution in [1.29, 1.82) is 0 Å². The van der Waals surface area contributed by atoms with E-state index in [1.807, 2.05) is 14.1 Å². The highest BCUT2D eigenvalue weighted by Crippen LogP contribution is 2.29. The molecule has 0 radical (unpaired) electrons. The Hall–Kier alpha value is -2.22. The highest BCUT2D eigenvalue weighted by Gasteiger charge is 2.18. The average molecular weight is 352 g/mol. The minimum atomic E-state index is -2.59. The van der Waals surface area contributed by atoms with Crippen LogP contribution >= 0.6 is 11.8 Å². The lowest BCUT2D eigenvalue weighted by molar-refractivity contribution is 0.102. The number of amides is 1. The molecule has 1 amide bonds. The van der Waals surface area contributed by atoms with E-state index in [1.54, 1.807) is 30.9 Å². The van der Waals surface area contributed by atoms with Crippen LogP contribution in [-0.4, -0.2) is 35.7 Å². The second-order valence-electron chi connectivity index (χ2n) is 5.29. The van der Waals surface area contributed by atoms with Crippen LogP contribution in [0.5, 0.6) is 0 Å². The van der Waals surface area contributed by atoms with Gasteiger partial charge in [0.05, 0.1) is 22.6 Å². The molecule has 0 saturated heterocycles. The summed E-state index contributed by atoms with van der Waals surface area (Å²) < 4.78 is 25.3. The second kappa shape index (κ2) is 7.57. The minimum absolute atomic E-state index is 0.193. The van der Waals surface area contributed by atoms with E-state index in [-0.39, 0.29) is 10.5 Å². The van der Waals surface area contributed by atoms with Gasteiger partial charge in [-0.15, -0.1) is 0 Å². The molecular weight excluding hydrogens is 334 g/mol. The third-order valence-corrected chi connectivity index (χ3v) is 4.03. The molecule has 1 N–H and O–H groups in total. The zero-order valence-electron chi connectivity index (χ0n) is 13.8. The molecule has 1 heterocycles. The number of nitrogens with zero attached hydrogens (tertiary/aromatic N) is 3. The van der Waals surface area contributed by atoms with Gasteiger partial charge in [-0.25, -0.2) is 9.97 Å². The van der Waals surface area contributed by atoms with Gasteiger partial charge in [-0.3, -0.25) is 4.79 Å². The van der Waals surface area contributed by atoms with E-state index >= 15 is 0 Å². The SMILES string of the molecule is Cc1nc(N(C)C)nc(C)c1NC(=O)c1ccccc1SC(F)F. The van der Waals surface area contributed by atoms with Crippen LogP contribution in [0.25, 0.3) is 0 Å². The Balaban J connectivity index is 2.31. The van der Waals surface area contributed by atoms with Crippen LogP contribution in [0.15, 0.2) is 29.2 Å². The number of alkyl halides is 2. The molecule has 1 aromatic heterocycles. The van der Waals surface area contributed by atoms with Crippen molar-refractivity contribution in [3.05, 3.63) is 41.2 Å². The minimum Gasteiger partial charge on any atom is -0.347 e. The Morgan fingerprint density at radius 1 is 1.17 bits per heavy atom. The predicted molar refractivity (Wildman–Crippen MR) is 92.1 cm³/mol. The maximum absolute atomic E-state index is 12.6. The first-order valence-corrected chi connectivity index (χ1v) is 8.05. The summed E-state index contributed by atoms with van der Waals surface area (Å²) in [5.74, 6) is -2.52. The number of thioether (sulfide) groups is 1. The smallest absolute Gasteiger partial charge is 0.288 e. The summed E-state index contributed by atoms with van der Waals surface area (Å²) in [5, 5.41) is 2.73. The number of rotatable bonds is 5. The maximum Gasteiger partial charge on any atom is 0.288 e. The lowest BCUT2D eigenvalue weighted by Crippen LogP contribution is -2.19. The first-order chi connectivity index (χ1) is 11.3. The number of carbonyl (C=O) groups is 1. The standard InChI is InChI=1S/C16H18F2N4OS/c1-9-13(10(2)20-16(19-9)22(3)4)21-14(23)11-7-5-6-8-12(11)24-15(17)18/h5-8,15H,1-4H3,(H,21,23). The van der Waals surface area contributed by atoms with Gasteiger partial charge < -0.3 is 10.2 Å². The van der Waals surface area contributed by atoms with E-state index < -0.39 is 11.7 Å². The number of halogens is 2. The van der Waals surface area contributed by atoms with Gasteiger partial charge >= 0.3 is 0 Å². The van der Waals surface area contributed by atoms with Gasteiger partial charge in [0.2, 0.25) is 5.95 Å². The molecule has 24 heavy (non-hydrogen) atoms. The van der Waals surface area contributed by atoms with Crippen molar-refractivity contribution in [1.82, 2.24) is 9.97 Å². The average Bonchev–Trinajstić information content (AvgIpc) is 2.50. The van der Waals surface area contributed by atoms with Crippen LogP contribution in [0.1, 0.15) is 21.7 Å². The van der Waals surface area contributed by atoms with Crippen LogP contribution in [0.3, 0.4) is 0 Å². The molecule has 0 unspecified atom stereocenters. The van der Waals surface area contributed by atoms with E-state index in [0.29, 0.717) is 34.8 Å². The fraction of sp³-hybridized carbons (Fsp3) is 0.312. The third-order valence-electron chi connectivity index (χ3n) is 3.25. The molecule has 0 spiro atoms. The topological polar surface area (TPSA) is 58.1 Å². The Morgan fingerprint density at radius 3 is 2.29 bits per heavy atom. The fourth-order valence-electron chi connectivity index (χ4n) is 2.11. The van der Waals surface area contributed by atoms with Crippen molar-refractivity contribution in [2.75, 3.05) is 24.3 Å². The molecule has 0 saturated carbocycles. The van der Waals surface area contributed by atoms with Crippen molar-refractivity contribution < 1.29 is 13.6 Å². The number of anilines is 2. The zero-order valence-corrected chi connectivity index (χ0v) is 14.6. The van der Waals surface area contributed by atoms with Gasteiger partial charge in [0.1, 0.15) is 0 Å². The lowest BCUT2D eigenvalue weighted by Gasteiger charge is -2.16. The van der Waals surface area contributed by atoms with Gasteiger partial charge in [0.25, 0.3) is 11.7 Å². The van der Waals surface area contributed by atoms with Crippen molar-refractivity contribution in [2.45, 2.75) is 24.5 Å². The Kier molecular flexibility index (Phi) is 5.71. The van der Waals surface area contributed by atoms with Crippen molar-refractivity contribution >= 4 is 29.3 Å². The van der Waals surface area contributed by atoms with Crippen LogP contribution in [0.4, 0.5) is 20.4 Å². The molecule has 1 aromatic carbocycles. The molecule has 0 atom stereocenters. The van der Waals surface area contributed by atoms with Gasteiger partial charge in [-0.1, -0.05) is 23.9 Å². The number of carbonyl (C=O) groups excluding carboxylic acids is 1. The number of benzene rings is 1. The Morgan fingerprint density at radius 2 is 1.75 bits per heavy atom. The molecule has 0 fully saturated rings. The number of aryl methyl sites for hydroxylation is 2. The van der Waals surface area contributed by atoms with E-state index in [0.717, 1.165) is 0 Å². The second-order valence-corrected chi connectivity index (χ2v) is 6.32. The van der Waals surface area contributed by atoms with E-state index in [2.05, 4.69) is 15.3 Å². The highest BCUT2D eigenvalue weighted by atomic mass is 32.2. The van der Waals surface area contributed by atoms with Gasteiger partial charge in [0, 0.05) is 19.0 Å². The summed E-state index contributed by atoms with van der Waals surface area (Å²) in [6.45, 7) is 3.52. The largest absolute Gasteiger partial charge is 0.347 e. The normalized spacial score (nSPS) is 10.8. The number of hydrogen-bond acceptors (Lipinski definition) is 5. The zero-order chi connectivity index (χ0) is 17.9. The van der Waals surface area contributed by atoms with Crippen LogP contribution in [0, 0.1) is 13.8 Å². The van der Waals surface area contributed by atoms with Crippen molar-refractivity contribution in [2.24, 2.45) is 0 Å². The van der Waals surface area contributed by atoms with Crippen LogP contribution in [0.2, 0.25) is 0 Å². The summed E-state index contributed by atoms with van der Waals surface area (Å²) >= 11 is 0.347. The molecule has 2 rings (SSSR count). The van der Waals surface area contributed by atoms with E-state index in [1.165, 1.54) is 12.1 Å². The summed E-state index contributed by atoms with van der Waals surface area (Å²) in [5.41, 5.74) is 1.90. The number of nitrogens with one attached hydrogen (secondary N) is 1. The quantitative estimate of drug-likeness (QED) is 0.831. The van der Waals surface area contributed by atoms with Crippen molar-refractivity contribution in [3.8, 4) is 0 Å². The Bertz CT molecular complexity index is 730. The first kappa shape index (κ1) is 18.1. The van der Waals surface area contributed by atoms with Crippen molar-refractivity contribution in [3.63, 3.8) is 0 Å². The summed E-state index contributed by atoms with van der Waals surface area (Å²) in [6.07, 6.45) is 0. The van der Waals surface area contributed by atoms with Crippen LogP contribution in [-0.2, 0) is 0 Å². The molecule has 0 aliphatic carbocycles. The van der Waals surface area contributed by atoms with Gasteiger partial charge in [0.15, 0.2) is 0 Å². The fourth-order valence-corrected chi connectivity index (χ4v) is 2.75. The third kappa shape index (κ3) is 4.19. The Labute approximate surface area is 143 Å². The molecule has 0 aliphatic heterocycles. The van der Waals surface area contributed by atoms with E-state index in [9.17, 15) is 13.6 Å².